The van der Waals surface area contributed by atoms with Crippen LogP contribution >= 0.6 is 0 Å². The average molecular weight is 310 g/mol. The van der Waals surface area contributed by atoms with Crippen LogP contribution in [0.15, 0.2) is 30.3 Å². The molecule has 0 heterocycles. The van der Waals surface area contributed by atoms with Gasteiger partial charge in [0.15, 0.2) is 5.78 Å². The number of allylic oxidation sites excluding steroid dienone is 1. The molecule has 0 amide bonds. The summed E-state index contributed by atoms with van der Waals surface area (Å²) in [4.78, 5) is 13.0. The number of carbonyl (C=O) groups is 1. The van der Waals surface area contributed by atoms with Crippen LogP contribution in [0.25, 0.3) is 6.08 Å². The van der Waals surface area contributed by atoms with E-state index in [1.54, 1.807) is 0 Å². The van der Waals surface area contributed by atoms with Gasteiger partial charge in [-0.15, -0.1) is 0 Å². The molecule has 4 fully saturated rings. The lowest BCUT2D eigenvalue weighted by Crippen LogP contribution is -2.49. The van der Waals surface area contributed by atoms with Crippen molar-refractivity contribution < 1.29 is 9.53 Å². The molecular weight excluding hydrogens is 284 g/mol. The Labute approximate surface area is 138 Å². The minimum atomic E-state index is -0.0359. The first-order chi connectivity index (χ1) is 11.2. The molecule has 0 saturated heterocycles. The summed E-state index contributed by atoms with van der Waals surface area (Å²) in [7, 11) is 0. The number of ketones is 1. The van der Waals surface area contributed by atoms with Crippen molar-refractivity contribution in [2.24, 2.45) is 23.2 Å². The zero-order valence-electron chi connectivity index (χ0n) is 14.0. The Morgan fingerprint density at radius 2 is 1.74 bits per heavy atom. The number of benzene rings is 1. The van der Waals surface area contributed by atoms with Crippen molar-refractivity contribution in [2.45, 2.75) is 45.4 Å². The van der Waals surface area contributed by atoms with Crippen LogP contribution in [0.5, 0.6) is 5.75 Å². The SMILES string of the molecule is CCOc1ccccc1/C=C/C(=O)C12CC3CC(CC(C3)C1)C2. The molecule has 4 bridgehead atoms. The number of hydrogen-bond acceptors (Lipinski definition) is 2. The summed E-state index contributed by atoms with van der Waals surface area (Å²) in [5.41, 5.74) is 0.971. The lowest BCUT2D eigenvalue weighted by atomic mass is 9.48. The number of ether oxygens (including phenoxy) is 1. The molecule has 0 atom stereocenters. The van der Waals surface area contributed by atoms with E-state index in [-0.39, 0.29) is 5.41 Å². The fourth-order valence-electron chi connectivity index (χ4n) is 5.66. The van der Waals surface area contributed by atoms with Crippen molar-refractivity contribution in [1.29, 1.82) is 0 Å². The Morgan fingerprint density at radius 3 is 2.35 bits per heavy atom. The third kappa shape index (κ3) is 2.73. The summed E-state index contributed by atoms with van der Waals surface area (Å²) in [5, 5.41) is 0. The largest absolute Gasteiger partial charge is 0.493 e. The van der Waals surface area contributed by atoms with Crippen LogP contribution in [0.2, 0.25) is 0 Å². The molecule has 0 aromatic heterocycles. The van der Waals surface area contributed by atoms with Gasteiger partial charge in [0.2, 0.25) is 0 Å². The molecular formula is C21H26O2. The predicted molar refractivity (Wildman–Crippen MR) is 92.3 cm³/mol. The summed E-state index contributed by atoms with van der Waals surface area (Å²) in [6, 6.07) is 7.97. The molecule has 2 heteroatoms. The monoisotopic (exact) mass is 310 g/mol. The van der Waals surface area contributed by atoms with E-state index in [2.05, 4.69) is 0 Å². The minimum Gasteiger partial charge on any atom is -0.493 e. The third-order valence-electron chi connectivity index (χ3n) is 6.19. The Morgan fingerprint density at radius 1 is 1.13 bits per heavy atom. The Balaban J connectivity index is 1.54. The average Bonchev–Trinajstić information content (AvgIpc) is 2.53. The zero-order chi connectivity index (χ0) is 15.9. The molecule has 23 heavy (non-hydrogen) atoms. The topological polar surface area (TPSA) is 26.3 Å². The number of hydrogen-bond donors (Lipinski definition) is 0. The Bertz CT molecular complexity index is 593. The zero-order valence-corrected chi connectivity index (χ0v) is 14.0. The van der Waals surface area contributed by atoms with Gasteiger partial charge in [-0.25, -0.2) is 0 Å². The van der Waals surface area contributed by atoms with Gasteiger partial charge >= 0.3 is 0 Å². The van der Waals surface area contributed by atoms with E-state index in [0.29, 0.717) is 12.4 Å². The fourth-order valence-corrected chi connectivity index (χ4v) is 5.66. The second kappa shape index (κ2) is 5.81. The fraction of sp³-hybridized carbons (Fsp3) is 0.571. The van der Waals surface area contributed by atoms with Gasteiger partial charge in [-0.3, -0.25) is 4.79 Å². The first kappa shape index (κ1) is 15.0. The highest BCUT2D eigenvalue weighted by Gasteiger charge is 2.53. The van der Waals surface area contributed by atoms with Crippen LogP contribution in [0, 0.1) is 23.2 Å². The molecule has 2 nitrogen and oxygen atoms in total. The molecule has 1 aromatic carbocycles. The van der Waals surface area contributed by atoms with E-state index in [1.807, 2.05) is 43.3 Å². The van der Waals surface area contributed by atoms with Crippen LogP contribution in [-0.4, -0.2) is 12.4 Å². The summed E-state index contributed by atoms with van der Waals surface area (Å²) >= 11 is 0. The second-order valence-electron chi connectivity index (χ2n) is 7.87. The summed E-state index contributed by atoms with van der Waals surface area (Å²) in [6.07, 6.45) is 11.3. The summed E-state index contributed by atoms with van der Waals surface area (Å²) in [5.74, 6) is 3.67. The molecule has 1 aromatic rings. The Hall–Kier alpha value is -1.57. The van der Waals surface area contributed by atoms with Crippen molar-refractivity contribution in [3.05, 3.63) is 35.9 Å². The molecule has 4 aliphatic rings. The van der Waals surface area contributed by atoms with Crippen LogP contribution in [-0.2, 0) is 4.79 Å². The van der Waals surface area contributed by atoms with Gasteiger partial charge in [-0.05, 0) is 81.4 Å². The number of rotatable bonds is 5. The smallest absolute Gasteiger partial charge is 0.161 e. The highest BCUT2D eigenvalue weighted by molar-refractivity contribution is 5.98. The first-order valence-corrected chi connectivity index (χ1v) is 9.13. The van der Waals surface area contributed by atoms with Gasteiger partial charge in [0.25, 0.3) is 0 Å². The summed E-state index contributed by atoms with van der Waals surface area (Å²) < 4.78 is 5.66. The van der Waals surface area contributed by atoms with E-state index < -0.39 is 0 Å². The normalized spacial score (nSPS) is 34.9. The quantitative estimate of drug-likeness (QED) is 0.724. The maximum atomic E-state index is 13.0. The summed E-state index contributed by atoms with van der Waals surface area (Å²) in [6.45, 7) is 2.63. The van der Waals surface area contributed by atoms with Gasteiger partial charge in [0, 0.05) is 11.0 Å². The van der Waals surface area contributed by atoms with Gasteiger partial charge in [0.1, 0.15) is 5.75 Å². The van der Waals surface area contributed by atoms with Crippen molar-refractivity contribution >= 4 is 11.9 Å². The molecule has 4 aliphatic carbocycles. The van der Waals surface area contributed by atoms with E-state index >= 15 is 0 Å². The van der Waals surface area contributed by atoms with Crippen molar-refractivity contribution in [3.8, 4) is 5.75 Å². The van der Waals surface area contributed by atoms with Gasteiger partial charge in [-0.1, -0.05) is 18.2 Å². The highest BCUT2D eigenvalue weighted by atomic mass is 16.5. The van der Waals surface area contributed by atoms with Gasteiger partial charge < -0.3 is 4.74 Å². The number of para-hydroxylation sites is 1. The van der Waals surface area contributed by atoms with E-state index in [1.165, 1.54) is 19.3 Å². The van der Waals surface area contributed by atoms with Crippen LogP contribution < -0.4 is 4.74 Å². The van der Waals surface area contributed by atoms with E-state index in [0.717, 1.165) is 48.3 Å². The number of carbonyl (C=O) groups excluding carboxylic acids is 1. The minimum absolute atomic E-state index is 0.0359. The third-order valence-corrected chi connectivity index (χ3v) is 6.19. The van der Waals surface area contributed by atoms with E-state index in [9.17, 15) is 4.79 Å². The molecule has 0 radical (unpaired) electrons. The standard InChI is InChI=1S/C21H26O2/c1-2-23-19-6-4-3-5-18(19)7-8-20(22)21-12-15-9-16(13-21)11-17(10-15)14-21/h3-8,15-17H,2,9-14H2,1H3/b8-7+. The lowest BCUT2D eigenvalue weighted by molar-refractivity contribution is -0.138. The molecule has 5 rings (SSSR count). The molecule has 0 spiro atoms. The molecule has 122 valence electrons. The lowest BCUT2D eigenvalue weighted by Gasteiger charge is -2.55. The maximum Gasteiger partial charge on any atom is 0.161 e. The van der Waals surface area contributed by atoms with Crippen molar-refractivity contribution in [3.63, 3.8) is 0 Å². The van der Waals surface area contributed by atoms with Crippen LogP contribution in [0.4, 0.5) is 0 Å². The predicted octanol–water partition coefficient (Wildman–Crippen LogP) is 4.88. The van der Waals surface area contributed by atoms with Crippen molar-refractivity contribution in [1.82, 2.24) is 0 Å². The highest BCUT2D eigenvalue weighted by Crippen LogP contribution is 2.60. The van der Waals surface area contributed by atoms with E-state index in [4.69, 9.17) is 4.74 Å². The molecule has 0 aliphatic heterocycles. The van der Waals surface area contributed by atoms with Crippen molar-refractivity contribution in [2.75, 3.05) is 6.61 Å². The van der Waals surface area contributed by atoms with Gasteiger partial charge in [0.05, 0.1) is 6.61 Å². The molecule has 0 N–H and O–H groups in total. The molecule has 4 saturated carbocycles. The first-order valence-electron chi connectivity index (χ1n) is 9.13. The second-order valence-corrected chi connectivity index (χ2v) is 7.87. The molecule has 0 unspecified atom stereocenters. The van der Waals surface area contributed by atoms with Crippen LogP contribution in [0.1, 0.15) is 51.0 Å². The van der Waals surface area contributed by atoms with Gasteiger partial charge in [-0.2, -0.15) is 0 Å². The maximum absolute atomic E-state index is 13.0. The van der Waals surface area contributed by atoms with Crippen LogP contribution in [0.3, 0.4) is 0 Å². The Kier molecular flexibility index (Phi) is 3.79.